The van der Waals surface area contributed by atoms with Crippen LogP contribution in [0.5, 0.6) is 0 Å². The van der Waals surface area contributed by atoms with Crippen LogP contribution in [0.25, 0.3) is 0 Å². The fourth-order valence-corrected chi connectivity index (χ4v) is 3.35. The van der Waals surface area contributed by atoms with E-state index in [0.717, 1.165) is 24.9 Å². The van der Waals surface area contributed by atoms with Crippen molar-refractivity contribution in [1.29, 1.82) is 0 Å². The van der Waals surface area contributed by atoms with E-state index in [1.165, 1.54) is 12.1 Å². The molecule has 106 valence electrons. The van der Waals surface area contributed by atoms with Crippen molar-refractivity contribution in [2.24, 2.45) is 0 Å². The minimum Gasteiger partial charge on any atom is -0.399 e. The highest BCUT2D eigenvalue weighted by molar-refractivity contribution is 7.99. The number of alkyl halides is 3. The Morgan fingerprint density at radius 3 is 2.79 bits per heavy atom. The first-order valence-corrected chi connectivity index (χ1v) is 7.20. The van der Waals surface area contributed by atoms with Gasteiger partial charge in [0, 0.05) is 36.3 Å². The summed E-state index contributed by atoms with van der Waals surface area (Å²) in [5.41, 5.74) is 5.31. The van der Waals surface area contributed by atoms with Gasteiger partial charge in [0.1, 0.15) is 0 Å². The average molecular weight is 290 g/mol. The summed E-state index contributed by atoms with van der Waals surface area (Å²) in [7, 11) is 0. The van der Waals surface area contributed by atoms with Gasteiger partial charge in [-0.25, -0.2) is 0 Å². The standard InChI is InChI=1S/C13H17F3N2S/c1-9-7-18(4-5-19-9)8-10-2-3-11(17)6-12(10)13(14,15)16/h2-3,6,9H,4-5,7-8,17H2,1H3. The Morgan fingerprint density at radius 2 is 2.16 bits per heavy atom. The van der Waals surface area contributed by atoms with Crippen LogP contribution in [0.15, 0.2) is 18.2 Å². The molecule has 0 spiro atoms. The summed E-state index contributed by atoms with van der Waals surface area (Å²) >= 11 is 1.86. The second kappa shape index (κ2) is 5.63. The van der Waals surface area contributed by atoms with E-state index in [0.29, 0.717) is 17.4 Å². The Balaban J connectivity index is 2.20. The van der Waals surface area contributed by atoms with Gasteiger partial charge in [0.15, 0.2) is 0 Å². The molecule has 0 aliphatic carbocycles. The van der Waals surface area contributed by atoms with Crippen molar-refractivity contribution in [3.63, 3.8) is 0 Å². The second-order valence-electron chi connectivity index (χ2n) is 4.83. The molecule has 2 rings (SSSR count). The lowest BCUT2D eigenvalue weighted by Gasteiger charge is -2.31. The van der Waals surface area contributed by atoms with Gasteiger partial charge in [-0.15, -0.1) is 0 Å². The van der Waals surface area contributed by atoms with Gasteiger partial charge in [0.2, 0.25) is 0 Å². The monoisotopic (exact) mass is 290 g/mol. The van der Waals surface area contributed by atoms with Crippen molar-refractivity contribution in [3.8, 4) is 0 Å². The van der Waals surface area contributed by atoms with Crippen molar-refractivity contribution in [2.45, 2.75) is 24.9 Å². The normalized spacial score (nSPS) is 21.6. The minimum atomic E-state index is -4.35. The third-order valence-corrected chi connectivity index (χ3v) is 4.29. The summed E-state index contributed by atoms with van der Waals surface area (Å²) < 4.78 is 38.9. The van der Waals surface area contributed by atoms with Crippen LogP contribution < -0.4 is 5.73 Å². The molecule has 1 atom stereocenters. The van der Waals surface area contributed by atoms with E-state index >= 15 is 0 Å². The lowest BCUT2D eigenvalue weighted by molar-refractivity contribution is -0.138. The number of halogens is 3. The van der Waals surface area contributed by atoms with Gasteiger partial charge in [-0.1, -0.05) is 13.0 Å². The van der Waals surface area contributed by atoms with Gasteiger partial charge in [0.25, 0.3) is 0 Å². The Labute approximate surface area is 115 Å². The molecule has 2 nitrogen and oxygen atoms in total. The van der Waals surface area contributed by atoms with Crippen molar-refractivity contribution in [2.75, 3.05) is 24.6 Å². The topological polar surface area (TPSA) is 29.3 Å². The lowest BCUT2D eigenvalue weighted by Crippen LogP contribution is -2.36. The highest BCUT2D eigenvalue weighted by atomic mass is 32.2. The van der Waals surface area contributed by atoms with E-state index in [1.54, 1.807) is 0 Å². The summed E-state index contributed by atoms with van der Waals surface area (Å²) in [6, 6.07) is 4.05. The number of nitrogens with zero attached hydrogens (tertiary/aromatic N) is 1. The lowest BCUT2D eigenvalue weighted by atomic mass is 10.1. The first-order valence-electron chi connectivity index (χ1n) is 6.16. The number of nitrogens with two attached hydrogens (primary N) is 1. The third-order valence-electron chi connectivity index (χ3n) is 3.16. The number of hydrogen-bond acceptors (Lipinski definition) is 3. The molecule has 0 aromatic heterocycles. The maximum atomic E-state index is 13.0. The fraction of sp³-hybridized carbons (Fsp3) is 0.538. The second-order valence-corrected chi connectivity index (χ2v) is 6.38. The summed E-state index contributed by atoms with van der Waals surface area (Å²) in [6.07, 6.45) is -4.35. The summed E-state index contributed by atoms with van der Waals surface area (Å²) in [4.78, 5) is 2.07. The van der Waals surface area contributed by atoms with Crippen LogP contribution in [-0.4, -0.2) is 29.0 Å². The molecule has 1 aromatic rings. The molecule has 1 heterocycles. The largest absolute Gasteiger partial charge is 0.416 e. The van der Waals surface area contributed by atoms with E-state index in [9.17, 15) is 13.2 Å². The van der Waals surface area contributed by atoms with Gasteiger partial charge >= 0.3 is 6.18 Å². The first kappa shape index (κ1) is 14.5. The molecule has 0 bridgehead atoms. The number of nitrogen functional groups attached to an aromatic ring is 1. The molecule has 2 N–H and O–H groups in total. The summed E-state index contributed by atoms with van der Waals surface area (Å²) in [5, 5.41) is 0.469. The molecule has 1 unspecified atom stereocenters. The first-order chi connectivity index (χ1) is 8.86. The highest BCUT2D eigenvalue weighted by Gasteiger charge is 2.34. The summed E-state index contributed by atoms with van der Waals surface area (Å²) in [6.45, 7) is 4.09. The number of hydrogen-bond donors (Lipinski definition) is 1. The molecule has 6 heteroatoms. The number of anilines is 1. The molecule has 19 heavy (non-hydrogen) atoms. The van der Waals surface area contributed by atoms with Crippen molar-refractivity contribution in [3.05, 3.63) is 29.3 Å². The maximum Gasteiger partial charge on any atom is 0.416 e. The minimum absolute atomic E-state index is 0.152. The predicted octanol–water partition coefficient (Wildman–Crippen LogP) is 3.22. The van der Waals surface area contributed by atoms with Crippen LogP contribution in [0.1, 0.15) is 18.1 Å². The van der Waals surface area contributed by atoms with Crippen LogP contribution in [0.4, 0.5) is 18.9 Å². The zero-order chi connectivity index (χ0) is 14.0. The zero-order valence-corrected chi connectivity index (χ0v) is 11.5. The predicted molar refractivity (Wildman–Crippen MR) is 73.1 cm³/mol. The van der Waals surface area contributed by atoms with Crippen molar-refractivity contribution >= 4 is 17.4 Å². The van der Waals surface area contributed by atoms with E-state index in [2.05, 4.69) is 11.8 Å². The summed E-state index contributed by atoms with van der Waals surface area (Å²) in [5.74, 6) is 0.970. The van der Waals surface area contributed by atoms with E-state index in [-0.39, 0.29) is 5.69 Å². The number of rotatable bonds is 2. The van der Waals surface area contributed by atoms with Crippen LogP contribution in [-0.2, 0) is 12.7 Å². The van der Waals surface area contributed by atoms with E-state index in [1.807, 2.05) is 11.8 Å². The highest BCUT2D eigenvalue weighted by Crippen LogP contribution is 2.34. The SMILES string of the molecule is CC1CN(Cc2ccc(N)cc2C(F)(F)F)CCS1. The quantitative estimate of drug-likeness (QED) is 0.848. The Kier molecular flexibility index (Phi) is 4.30. The smallest absolute Gasteiger partial charge is 0.399 e. The average Bonchev–Trinajstić information content (AvgIpc) is 2.30. The van der Waals surface area contributed by atoms with E-state index in [4.69, 9.17) is 5.73 Å². The third kappa shape index (κ3) is 3.79. The molecule has 0 saturated carbocycles. The molecule has 1 aliphatic heterocycles. The number of thioether (sulfide) groups is 1. The maximum absolute atomic E-state index is 13.0. The molecule has 1 saturated heterocycles. The fourth-order valence-electron chi connectivity index (χ4n) is 2.27. The molecule has 1 aromatic carbocycles. The van der Waals surface area contributed by atoms with Gasteiger partial charge in [0.05, 0.1) is 5.56 Å². The van der Waals surface area contributed by atoms with Gasteiger partial charge in [-0.3, -0.25) is 4.90 Å². The van der Waals surface area contributed by atoms with Crippen LogP contribution in [0.2, 0.25) is 0 Å². The van der Waals surface area contributed by atoms with Crippen LogP contribution in [0.3, 0.4) is 0 Å². The Hall–Kier alpha value is -0.880. The zero-order valence-electron chi connectivity index (χ0n) is 10.7. The van der Waals surface area contributed by atoms with Gasteiger partial charge in [-0.05, 0) is 17.7 Å². The van der Waals surface area contributed by atoms with Crippen LogP contribution in [0, 0.1) is 0 Å². The Bertz CT molecular complexity index is 448. The van der Waals surface area contributed by atoms with Gasteiger partial charge < -0.3 is 5.73 Å². The van der Waals surface area contributed by atoms with Crippen molar-refractivity contribution in [1.82, 2.24) is 4.90 Å². The molecule has 0 amide bonds. The molecule has 1 fully saturated rings. The van der Waals surface area contributed by atoms with E-state index < -0.39 is 11.7 Å². The molecule has 1 aliphatic rings. The number of benzene rings is 1. The van der Waals surface area contributed by atoms with Gasteiger partial charge in [-0.2, -0.15) is 24.9 Å². The Morgan fingerprint density at radius 1 is 1.42 bits per heavy atom. The van der Waals surface area contributed by atoms with Crippen molar-refractivity contribution < 1.29 is 13.2 Å². The molecular weight excluding hydrogens is 273 g/mol. The molecule has 0 radical (unpaired) electrons. The molecular formula is C13H17F3N2S. The van der Waals surface area contributed by atoms with Crippen LogP contribution >= 0.6 is 11.8 Å².